The molecule has 0 bridgehead atoms. The molecule has 0 radical (unpaired) electrons. The minimum Gasteiger partial charge on any atom is -0.449 e. The highest BCUT2D eigenvalue weighted by molar-refractivity contribution is 6.37. The fourth-order valence-corrected chi connectivity index (χ4v) is 2.41. The number of carbonyl (C=O) groups is 3. The molecule has 2 rings (SSSR count). The second kappa shape index (κ2) is 8.55. The molecule has 0 saturated heterocycles. The van der Waals surface area contributed by atoms with Gasteiger partial charge in [-0.3, -0.25) is 20.4 Å². The summed E-state index contributed by atoms with van der Waals surface area (Å²) >= 11 is 11.7. The average Bonchev–Trinajstić information content (AvgIpc) is 2.62. The van der Waals surface area contributed by atoms with Crippen molar-refractivity contribution in [1.82, 2.24) is 10.9 Å². The van der Waals surface area contributed by atoms with Crippen LogP contribution in [0.25, 0.3) is 0 Å². The lowest BCUT2D eigenvalue weighted by molar-refractivity contribution is -0.129. The summed E-state index contributed by atoms with van der Waals surface area (Å²) in [4.78, 5) is 36.0. The van der Waals surface area contributed by atoms with E-state index in [1.807, 2.05) is 0 Å². The Morgan fingerprint density at radius 2 is 1.73 bits per heavy atom. The standard InChI is InChI=1S/C17H15Cl2N3O4/c1-9(15(23)21-22-16(24)10-5-3-2-4-6-10)26-17(25)12-7-11(18)8-13(19)14(12)20/h2-9H,20H2,1H3,(H,21,23)(H,22,24)/t9-/m0/s1. The second-order valence-electron chi connectivity index (χ2n) is 5.21. The lowest BCUT2D eigenvalue weighted by atomic mass is 10.2. The van der Waals surface area contributed by atoms with E-state index in [1.165, 1.54) is 19.1 Å². The molecule has 9 heteroatoms. The van der Waals surface area contributed by atoms with Gasteiger partial charge in [-0.2, -0.15) is 0 Å². The molecule has 1 atom stereocenters. The van der Waals surface area contributed by atoms with Crippen LogP contribution in [-0.4, -0.2) is 23.9 Å². The Morgan fingerprint density at radius 1 is 1.08 bits per heavy atom. The van der Waals surface area contributed by atoms with Crippen LogP contribution in [0, 0.1) is 0 Å². The van der Waals surface area contributed by atoms with Gasteiger partial charge in [0.1, 0.15) is 0 Å². The molecule has 2 amide bonds. The Labute approximate surface area is 159 Å². The summed E-state index contributed by atoms with van der Waals surface area (Å²) in [6, 6.07) is 10.9. The predicted octanol–water partition coefficient (Wildman–Crippen LogP) is 2.58. The Hall–Kier alpha value is -2.77. The molecular weight excluding hydrogens is 381 g/mol. The molecule has 7 nitrogen and oxygen atoms in total. The fourth-order valence-electron chi connectivity index (χ4n) is 1.91. The largest absolute Gasteiger partial charge is 0.449 e. The molecule has 0 saturated carbocycles. The van der Waals surface area contributed by atoms with E-state index in [9.17, 15) is 14.4 Å². The molecule has 2 aromatic carbocycles. The first-order valence-electron chi connectivity index (χ1n) is 7.40. The van der Waals surface area contributed by atoms with Crippen LogP contribution in [0.15, 0.2) is 42.5 Å². The van der Waals surface area contributed by atoms with Gasteiger partial charge in [-0.25, -0.2) is 4.79 Å². The van der Waals surface area contributed by atoms with E-state index in [1.54, 1.807) is 30.3 Å². The Bertz CT molecular complexity index is 843. The van der Waals surface area contributed by atoms with Crippen LogP contribution in [0.2, 0.25) is 10.0 Å². The number of rotatable bonds is 4. The van der Waals surface area contributed by atoms with Crippen LogP contribution in [-0.2, 0) is 9.53 Å². The smallest absolute Gasteiger partial charge is 0.341 e. The fraction of sp³-hybridized carbons (Fsp3) is 0.118. The molecule has 0 heterocycles. The van der Waals surface area contributed by atoms with Crippen molar-refractivity contribution in [3.63, 3.8) is 0 Å². The van der Waals surface area contributed by atoms with E-state index in [0.717, 1.165) is 0 Å². The lowest BCUT2D eigenvalue weighted by Crippen LogP contribution is -2.46. The minimum absolute atomic E-state index is 0.00828. The van der Waals surface area contributed by atoms with Gasteiger partial charge in [0, 0.05) is 10.6 Å². The molecule has 26 heavy (non-hydrogen) atoms. The van der Waals surface area contributed by atoms with Crippen LogP contribution >= 0.6 is 23.2 Å². The number of halogens is 2. The monoisotopic (exact) mass is 395 g/mol. The number of carbonyl (C=O) groups excluding carboxylic acids is 3. The molecule has 0 aliphatic carbocycles. The number of nitrogens with one attached hydrogen (secondary N) is 2. The van der Waals surface area contributed by atoms with Crippen molar-refractivity contribution >= 4 is 46.7 Å². The van der Waals surface area contributed by atoms with Gasteiger partial charge in [0.15, 0.2) is 6.10 Å². The zero-order chi connectivity index (χ0) is 19.3. The van der Waals surface area contributed by atoms with Crippen molar-refractivity contribution in [2.45, 2.75) is 13.0 Å². The normalized spacial score (nSPS) is 11.3. The number of nitrogens with two attached hydrogens (primary N) is 1. The zero-order valence-corrected chi connectivity index (χ0v) is 15.1. The molecule has 0 aromatic heterocycles. The third-order valence-electron chi connectivity index (χ3n) is 3.30. The minimum atomic E-state index is -1.20. The van der Waals surface area contributed by atoms with E-state index in [0.29, 0.717) is 5.56 Å². The number of hydrogen-bond donors (Lipinski definition) is 3. The number of esters is 1. The van der Waals surface area contributed by atoms with E-state index >= 15 is 0 Å². The summed E-state index contributed by atoms with van der Waals surface area (Å²) in [7, 11) is 0. The molecule has 0 fully saturated rings. The first-order chi connectivity index (χ1) is 12.3. The van der Waals surface area contributed by atoms with Crippen molar-refractivity contribution in [1.29, 1.82) is 0 Å². The summed E-state index contributed by atoms with van der Waals surface area (Å²) in [5.41, 5.74) is 10.4. The average molecular weight is 396 g/mol. The summed E-state index contributed by atoms with van der Waals surface area (Å²) in [5, 5.41) is 0.292. The summed E-state index contributed by atoms with van der Waals surface area (Å²) in [5.74, 6) is -2.11. The molecule has 136 valence electrons. The van der Waals surface area contributed by atoms with Crippen LogP contribution < -0.4 is 16.6 Å². The Balaban J connectivity index is 1.95. The van der Waals surface area contributed by atoms with Gasteiger partial charge < -0.3 is 10.5 Å². The number of hydrazine groups is 1. The maximum absolute atomic E-state index is 12.2. The number of amides is 2. The number of benzene rings is 2. The highest BCUT2D eigenvalue weighted by atomic mass is 35.5. The first kappa shape index (κ1) is 19.6. The number of anilines is 1. The molecule has 2 aromatic rings. The van der Waals surface area contributed by atoms with Crippen LogP contribution in [0.3, 0.4) is 0 Å². The topological polar surface area (TPSA) is 111 Å². The molecule has 0 aliphatic heterocycles. The third-order valence-corrected chi connectivity index (χ3v) is 3.83. The van der Waals surface area contributed by atoms with E-state index in [-0.39, 0.29) is 21.3 Å². The highest BCUT2D eigenvalue weighted by Gasteiger charge is 2.22. The van der Waals surface area contributed by atoms with Crippen molar-refractivity contribution in [2.75, 3.05) is 5.73 Å². The van der Waals surface area contributed by atoms with Gasteiger partial charge in [-0.05, 0) is 31.2 Å². The second-order valence-corrected chi connectivity index (χ2v) is 6.05. The van der Waals surface area contributed by atoms with Crippen molar-refractivity contribution in [3.8, 4) is 0 Å². The maximum Gasteiger partial charge on any atom is 0.341 e. The number of hydrogen-bond acceptors (Lipinski definition) is 5. The quantitative estimate of drug-likeness (QED) is 0.418. The lowest BCUT2D eigenvalue weighted by Gasteiger charge is -2.15. The van der Waals surface area contributed by atoms with Gasteiger partial charge in [-0.1, -0.05) is 41.4 Å². The van der Waals surface area contributed by atoms with Gasteiger partial charge in [0.05, 0.1) is 16.3 Å². The molecule has 0 spiro atoms. The SMILES string of the molecule is C[C@H](OC(=O)c1cc(Cl)cc(Cl)c1N)C(=O)NNC(=O)c1ccccc1. The first-order valence-corrected chi connectivity index (χ1v) is 8.16. The van der Waals surface area contributed by atoms with Crippen molar-refractivity contribution in [3.05, 3.63) is 63.6 Å². The Kier molecular flexibility index (Phi) is 6.43. The summed E-state index contributed by atoms with van der Waals surface area (Å²) in [6.07, 6.45) is -1.20. The van der Waals surface area contributed by atoms with Crippen LogP contribution in [0.5, 0.6) is 0 Å². The maximum atomic E-state index is 12.2. The van der Waals surface area contributed by atoms with Crippen molar-refractivity contribution < 1.29 is 19.1 Å². The zero-order valence-electron chi connectivity index (χ0n) is 13.6. The molecular formula is C17H15Cl2N3O4. The van der Waals surface area contributed by atoms with Crippen molar-refractivity contribution in [2.24, 2.45) is 0 Å². The van der Waals surface area contributed by atoms with Gasteiger partial charge in [-0.15, -0.1) is 0 Å². The Morgan fingerprint density at radius 3 is 2.38 bits per heavy atom. The molecule has 0 unspecified atom stereocenters. The van der Waals surface area contributed by atoms with Gasteiger partial charge in [0.2, 0.25) is 0 Å². The highest BCUT2D eigenvalue weighted by Crippen LogP contribution is 2.28. The number of ether oxygens (including phenoxy) is 1. The predicted molar refractivity (Wildman–Crippen MR) is 97.8 cm³/mol. The van der Waals surface area contributed by atoms with Gasteiger partial charge >= 0.3 is 5.97 Å². The number of nitrogen functional groups attached to an aromatic ring is 1. The van der Waals surface area contributed by atoms with Crippen LogP contribution in [0.1, 0.15) is 27.6 Å². The van der Waals surface area contributed by atoms with E-state index in [2.05, 4.69) is 10.9 Å². The van der Waals surface area contributed by atoms with Crippen LogP contribution in [0.4, 0.5) is 5.69 Å². The van der Waals surface area contributed by atoms with Gasteiger partial charge in [0.25, 0.3) is 11.8 Å². The molecule has 4 N–H and O–H groups in total. The summed E-state index contributed by atoms with van der Waals surface area (Å²) < 4.78 is 5.03. The van der Waals surface area contributed by atoms with E-state index in [4.69, 9.17) is 33.7 Å². The third kappa shape index (κ3) is 4.87. The molecule has 0 aliphatic rings. The summed E-state index contributed by atoms with van der Waals surface area (Å²) in [6.45, 7) is 1.34. The van der Waals surface area contributed by atoms with E-state index < -0.39 is 23.9 Å².